The number of amides is 1. The molecule has 1 atom stereocenters. The second-order valence-electron chi connectivity index (χ2n) is 8.49. The second kappa shape index (κ2) is 7.77. The molecule has 0 radical (unpaired) electrons. The number of rotatable bonds is 3. The van der Waals surface area contributed by atoms with Gasteiger partial charge in [-0.05, 0) is 55.7 Å². The highest BCUT2D eigenvalue weighted by molar-refractivity contribution is 5.98. The van der Waals surface area contributed by atoms with Gasteiger partial charge in [0.25, 0.3) is 5.92 Å². The number of pyridine rings is 1. The molecule has 2 aliphatic heterocycles. The quantitative estimate of drug-likeness (QED) is 0.770. The lowest BCUT2D eigenvalue weighted by molar-refractivity contribution is -0.155. The normalized spacial score (nSPS) is 24.1. The molecule has 0 saturated carbocycles. The summed E-state index contributed by atoms with van der Waals surface area (Å²) >= 11 is 0. The van der Waals surface area contributed by atoms with Gasteiger partial charge in [0.15, 0.2) is 0 Å². The molecule has 0 bridgehead atoms. The van der Waals surface area contributed by atoms with Gasteiger partial charge in [-0.15, -0.1) is 0 Å². The minimum Gasteiger partial charge on any atom is -0.312 e. The van der Waals surface area contributed by atoms with Crippen LogP contribution < -0.4 is 4.90 Å². The van der Waals surface area contributed by atoms with Crippen LogP contribution in [0.2, 0.25) is 0 Å². The Morgan fingerprint density at radius 3 is 2.83 bits per heavy atom. The maximum absolute atomic E-state index is 14.8. The average molecular weight is 410 g/mol. The zero-order valence-electron chi connectivity index (χ0n) is 16.9. The predicted molar refractivity (Wildman–Crippen MR) is 109 cm³/mol. The molecule has 2 aromatic rings. The third-order valence-corrected chi connectivity index (χ3v) is 5.97. The molecular formula is C23H24F2N4O. The summed E-state index contributed by atoms with van der Waals surface area (Å²) in [5, 5.41) is 9.17. The Bertz CT molecular complexity index is 1000. The standard InChI is InChI=1S/C23H24F2N4O/c1-17-10-19(6-8-27-17)13-28-15-22(14-23(24,25)16-28)7-3-9-29(21(22)30)20-5-2-4-18(11-20)12-26/h2,4-6,8,10-11H,3,7,9,13-16H2,1H3. The van der Waals surface area contributed by atoms with Crippen molar-refractivity contribution in [3.05, 3.63) is 59.4 Å². The number of hydrogen-bond acceptors (Lipinski definition) is 4. The lowest BCUT2D eigenvalue weighted by atomic mass is 9.71. The summed E-state index contributed by atoms with van der Waals surface area (Å²) in [5.41, 5.74) is 1.68. The van der Waals surface area contributed by atoms with Crippen molar-refractivity contribution < 1.29 is 13.6 Å². The van der Waals surface area contributed by atoms with Crippen molar-refractivity contribution in [2.75, 3.05) is 24.5 Å². The number of aromatic nitrogens is 1. The smallest absolute Gasteiger partial charge is 0.261 e. The van der Waals surface area contributed by atoms with Crippen LogP contribution in [-0.4, -0.2) is 41.3 Å². The highest BCUT2D eigenvalue weighted by Crippen LogP contribution is 2.46. The first-order valence-corrected chi connectivity index (χ1v) is 10.1. The Balaban J connectivity index is 1.62. The van der Waals surface area contributed by atoms with Gasteiger partial charge in [-0.25, -0.2) is 8.78 Å². The van der Waals surface area contributed by atoms with Crippen molar-refractivity contribution in [2.24, 2.45) is 5.41 Å². The van der Waals surface area contributed by atoms with E-state index in [0.29, 0.717) is 43.7 Å². The largest absolute Gasteiger partial charge is 0.312 e. The number of benzene rings is 1. The van der Waals surface area contributed by atoms with Gasteiger partial charge < -0.3 is 4.90 Å². The summed E-state index contributed by atoms with van der Waals surface area (Å²) in [6, 6.07) is 12.6. The summed E-state index contributed by atoms with van der Waals surface area (Å²) in [4.78, 5) is 21.0. The van der Waals surface area contributed by atoms with Gasteiger partial charge in [0, 0.05) is 43.6 Å². The van der Waals surface area contributed by atoms with Gasteiger partial charge in [-0.3, -0.25) is 14.7 Å². The van der Waals surface area contributed by atoms with E-state index in [1.807, 2.05) is 19.1 Å². The van der Waals surface area contributed by atoms with Crippen LogP contribution in [0.25, 0.3) is 0 Å². The van der Waals surface area contributed by atoms with Crippen LogP contribution in [0.3, 0.4) is 0 Å². The minimum atomic E-state index is -2.94. The van der Waals surface area contributed by atoms with Crippen molar-refractivity contribution in [3.8, 4) is 6.07 Å². The second-order valence-corrected chi connectivity index (χ2v) is 8.49. The lowest BCUT2D eigenvalue weighted by Crippen LogP contribution is -2.61. The molecule has 1 aromatic carbocycles. The van der Waals surface area contributed by atoms with E-state index in [2.05, 4.69) is 11.1 Å². The molecule has 7 heteroatoms. The van der Waals surface area contributed by atoms with E-state index in [1.54, 1.807) is 40.3 Å². The number of aryl methyl sites for hydroxylation is 1. The summed E-state index contributed by atoms with van der Waals surface area (Å²) in [6.07, 6.45) is 2.35. The third kappa shape index (κ3) is 4.05. The van der Waals surface area contributed by atoms with E-state index in [9.17, 15) is 13.6 Å². The monoisotopic (exact) mass is 410 g/mol. The first kappa shape index (κ1) is 20.4. The fraction of sp³-hybridized carbons (Fsp3) is 0.435. The maximum atomic E-state index is 14.8. The van der Waals surface area contributed by atoms with Crippen molar-refractivity contribution in [1.29, 1.82) is 5.26 Å². The predicted octanol–water partition coefficient (Wildman–Crippen LogP) is 3.92. The van der Waals surface area contributed by atoms with Crippen LogP contribution in [0.15, 0.2) is 42.6 Å². The first-order valence-electron chi connectivity index (χ1n) is 10.1. The average Bonchev–Trinajstić information content (AvgIpc) is 2.69. The number of hydrogen-bond donors (Lipinski definition) is 0. The summed E-state index contributed by atoms with van der Waals surface area (Å²) in [7, 11) is 0. The van der Waals surface area contributed by atoms with Gasteiger partial charge >= 0.3 is 0 Å². The number of nitriles is 1. The SMILES string of the molecule is Cc1cc(CN2CC(F)(F)CC3(CCCN(c4cccc(C#N)c4)C3=O)C2)ccn1. The molecule has 5 nitrogen and oxygen atoms in total. The van der Waals surface area contributed by atoms with Crippen LogP contribution in [0.4, 0.5) is 14.5 Å². The number of halogens is 2. The number of carbonyl (C=O) groups is 1. The molecule has 156 valence electrons. The van der Waals surface area contributed by atoms with Crippen LogP contribution >= 0.6 is 0 Å². The van der Waals surface area contributed by atoms with E-state index in [-0.39, 0.29) is 12.5 Å². The van der Waals surface area contributed by atoms with Crippen molar-refractivity contribution in [2.45, 2.75) is 38.7 Å². The molecule has 1 amide bonds. The Morgan fingerprint density at radius 2 is 2.07 bits per heavy atom. The Hall–Kier alpha value is -2.85. The number of anilines is 1. The Morgan fingerprint density at radius 1 is 1.23 bits per heavy atom. The third-order valence-electron chi connectivity index (χ3n) is 5.97. The number of carbonyl (C=O) groups excluding carboxylic acids is 1. The van der Waals surface area contributed by atoms with Gasteiger partial charge in [0.05, 0.1) is 23.6 Å². The Labute approximate surface area is 174 Å². The first-order chi connectivity index (χ1) is 14.3. The molecule has 1 unspecified atom stereocenters. The molecule has 1 spiro atoms. The molecule has 2 fully saturated rings. The number of piperidine rings is 2. The van der Waals surface area contributed by atoms with Crippen LogP contribution in [0.5, 0.6) is 0 Å². The number of nitrogens with zero attached hydrogens (tertiary/aromatic N) is 4. The van der Waals surface area contributed by atoms with Gasteiger partial charge in [0.2, 0.25) is 5.91 Å². The molecule has 0 aliphatic carbocycles. The van der Waals surface area contributed by atoms with Crippen molar-refractivity contribution in [1.82, 2.24) is 9.88 Å². The van der Waals surface area contributed by atoms with Crippen LogP contribution in [-0.2, 0) is 11.3 Å². The van der Waals surface area contributed by atoms with Crippen molar-refractivity contribution >= 4 is 11.6 Å². The number of alkyl halides is 2. The lowest BCUT2D eigenvalue weighted by Gasteiger charge is -2.49. The highest BCUT2D eigenvalue weighted by atomic mass is 19.3. The maximum Gasteiger partial charge on any atom is 0.261 e. The molecule has 30 heavy (non-hydrogen) atoms. The molecular weight excluding hydrogens is 386 g/mol. The molecule has 2 aliphatic rings. The summed E-state index contributed by atoms with van der Waals surface area (Å²) < 4.78 is 29.6. The zero-order valence-corrected chi connectivity index (χ0v) is 16.9. The van der Waals surface area contributed by atoms with Crippen LogP contribution in [0, 0.1) is 23.7 Å². The topological polar surface area (TPSA) is 60.2 Å². The fourth-order valence-corrected chi connectivity index (χ4v) is 4.86. The molecule has 0 N–H and O–H groups in total. The zero-order chi connectivity index (χ0) is 21.4. The van der Waals surface area contributed by atoms with E-state index < -0.39 is 17.8 Å². The van der Waals surface area contributed by atoms with Gasteiger partial charge in [0.1, 0.15) is 0 Å². The van der Waals surface area contributed by atoms with E-state index in [0.717, 1.165) is 11.3 Å². The minimum absolute atomic E-state index is 0.265. The Kier molecular flexibility index (Phi) is 5.29. The highest BCUT2D eigenvalue weighted by Gasteiger charge is 2.55. The molecule has 3 heterocycles. The van der Waals surface area contributed by atoms with E-state index in [1.165, 1.54) is 0 Å². The van der Waals surface area contributed by atoms with E-state index >= 15 is 0 Å². The van der Waals surface area contributed by atoms with Crippen molar-refractivity contribution in [3.63, 3.8) is 0 Å². The van der Waals surface area contributed by atoms with Crippen LogP contribution in [0.1, 0.15) is 36.1 Å². The number of likely N-dealkylation sites (tertiary alicyclic amines) is 1. The van der Waals surface area contributed by atoms with Gasteiger partial charge in [-0.2, -0.15) is 5.26 Å². The molecule has 4 rings (SSSR count). The summed E-state index contributed by atoms with van der Waals surface area (Å²) in [5.74, 6) is -3.20. The molecule has 1 aromatic heterocycles. The fourth-order valence-electron chi connectivity index (χ4n) is 4.86. The van der Waals surface area contributed by atoms with Gasteiger partial charge in [-0.1, -0.05) is 6.07 Å². The summed E-state index contributed by atoms with van der Waals surface area (Å²) in [6.45, 7) is 2.65. The van der Waals surface area contributed by atoms with E-state index in [4.69, 9.17) is 5.26 Å². The molecule has 2 saturated heterocycles.